The number of hydrogen-bond acceptors (Lipinski definition) is 6. The van der Waals surface area contributed by atoms with Gasteiger partial charge in [-0.2, -0.15) is 4.98 Å². The lowest BCUT2D eigenvalue weighted by molar-refractivity contribution is -0.113. The van der Waals surface area contributed by atoms with E-state index in [1.165, 1.54) is 11.8 Å². The highest BCUT2D eigenvalue weighted by atomic mass is 35.5. The van der Waals surface area contributed by atoms with Crippen molar-refractivity contribution in [1.29, 1.82) is 0 Å². The molecule has 1 unspecified atom stereocenters. The number of nitrogens with zero attached hydrogens (tertiary/aromatic N) is 3. The fraction of sp³-hybridized carbons (Fsp3) is 0.207. The van der Waals surface area contributed by atoms with Crippen molar-refractivity contribution in [1.82, 2.24) is 14.8 Å². The van der Waals surface area contributed by atoms with Gasteiger partial charge in [0.15, 0.2) is 0 Å². The molecule has 194 valence electrons. The summed E-state index contributed by atoms with van der Waals surface area (Å²) < 4.78 is 7.75. The van der Waals surface area contributed by atoms with Crippen LogP contribution in [-0.4, -0.2) is 27.3 Å². The van der Waals surface area contributed by atoms with E-state index in [1.807, 2.05) is 93.6 Å². The molecule has 7 nitrogen and oxygen atoms in total. The van der Waals surface area contributed by atoms with Gasteiger partial charge in [0.1, 0.15) is 11.8 Å². The Morgan fingerprint density at radius 2 is 1.82 bits per heavy atom. The largest absolute Gasteiger partial charge is 0.494 e. The highest BCUT2D eigenvalue weighted by molar-refractivity contribution is 7.98. The molecule has 0 saturated heterocycles. The molecule has 5 rings (SSSR count). The van der Waals surface area contributed by atoms with Crippen molar-refractivity contribution < 1.29 is 9.53 Å². The van der Waals surface area contributed by atoms with E-state index in [0.717, 1.165) is 22.4 Å². The lowest BCUT2D eigenvalue weighted by Gasteiger charge is -2.29. The van der Waals surface area contributed by atoms with Crippen LogP contribution in [0.15, 0.2) is 89.2 Å². The standard InChI is InChI=1S/C29H28ClN5O2S/c1-4-37-24-16-10-7-13-21(24)26-25(27(36)32-23-15-9-5-11-18(23)2)19(3)31-28-33-29(34-35(26)28)38-17-20-12-6-8-14-22(20)30/h5-16,26H,4,17H2,1-3H3,(H,32,36)(H,31,33,34). The Morgan fingerprint density at radius 1 is 1.08 bits per heavy atom. The maximum atomic E-state index is 13.8. The maximum Gasteiger partial charge on any atom is 0.255 e. The zero-order valence-electron chi connectivity index (χ0n) is 21.4. The number of amides is 1. The first-order valence-corrected chi connectivity index (χ1v) is 13.7. The summed E-state index contributed by atoms with van der Waals surface area (Å²) in [6.07, 6.45) is 0. The minimum absolute atomic E-state index is 0.216. The summed E-state index contributed by atoms with van der Waals surface area (Å²) in [5.41, 5.74) is 4.82. The second-order valence-electron chi connectivity index (χ2n) is 8.85. The number of nitrogens with one attached hydrogen (secondary N) is 2. The number of aryl methyl sites for hydroxylation is 1. The Labute approximate surface area is 231 Å². The lowest BCUT2D eigenvalue weighted by atomic mass is 9.94. The molecule has 0 aliphatic carbocycles. The van der Waals surface area contributed by atoms with Crippen LogP contribution in [0.3, 0.4) is 0 Å². The van der Waals surface area contributed by atoms with Gasteiger partial charge in [-0.15, -0.1) is 5.10 Å². The molecular weight excluding hydrogens is 518 g/mol. The van der Waals surface area contributed by atoms with Crippen LogP contribution in [0.2, 0.25) is 5.02 Å². The normalized spacial score (nSPS) is 14.6. The van der Waals surface area contributed by atoms with Crippen molar-refractivity contribution in [2.24, 2.45) is 0 Å². The monoisotopic (exact) mass is 545 g/mol. The molecule has 4 aromatic rings. The Morgan fingerprint density at radius 3 is 2.61 bits per heavy atom. The number of para-hydroxylation sites is 2. The molecule has 2 N–H and O–H groups in total. The van der Waals surface area contributed by atoms with Crippen LogP contribution in [0.4, 0.5) is 11.6 Å². The number of fused-ring (bicyclic) bond motifs is 1. The first-order chi connectivity index (χ1) is 18.5. The fourth-order valence-electron chi connectivity index (χ4n) is 4.43. The van der Waals surface area contributed by atoms with Gasteiger partial charge in [-0.3, -0.25) is 4.79 Å². The first-order valence-electron chi connectivity index (χ1n) is 12.4. The van der Waals surface area contributed by atoms with Gasteiger partial charge in [0, 0.05) is 27.7 Å². The van der Waals surface area contributed by atoms with Crippen LogP contribution in [0.1, 0.15) is 36.6 Å². The van der Waals surface area contributed by atoms with Gasteiger partial charge in [-0.05, 0) is 50.1 Å². The molecule has 1 aliphatic rings. The second kappa shape index (κ2) is 11.3. The molecule has 1 atom stereocenters. The van der Waals surface area contributed by atoms with Crippen molar-refractivity contribution in [2.45, 2.75) is 37.7 Å². The molecule has 0 saturated carbocycles. The quantitative estimate of drug-likeness (QED) is 0.235. The number of benzene rings is 3. The number of carbonyl (C=O) groups is 1. The van der Waals surface area contributed by atoms with Crippen molar-refractivity contribution in [3.05, 3.63) is 106 Å². The highest BCUT2D eigenvalue weighted by Gasteiger charge is 2.36. The molecule has 0 fully saturated rings. The fourth-order valence-corrected chi connectivity index (χ4v) is 5.54. The summed E-state index contributed by atoms with van der Waals surface area (Å²) >= 11 is 7.85. The number of aromatic nitrogens is 3. The van der Waals surface area contributed by atoms with Crippen LogP contribution in [0, 0.1) is 6.92 Å². The van der Waals surface area contributed by atoms with Gasteiger partial charge in [-0.1, -0.05) is 78.0 Å². The van der Waals surface area contributed by atoms with E-state index in [4.69, 9.17) is 26.4 Å². The van der Waals surface area contributed by atoms with E-state index in [-0.39, 0.29) is 5.91 Å². The number of halogens is 1. The number of thioether (sulfide) groups is 1. The topological polar surface area (TPSA) is 81.1 Å². The molecule has 0 spiro atoms. The SMILES string of the molecule is CCOc1ccccc1C1C(C(=O)Nc2ccccc2C)=C(C)Nc2nc(SCc3ccccc3Cl)nn21. The average molecular weight is 546 g/mol. The highest BCUT2D eigenvalue weighted by Crippen LogP contribution is 2.40. The predicted molar refractivity (Wildman–Crippen MR) is 153 cm³/mol. The minimum Gasteiger partial charge on any atom is -0.494 e. The first kappa shape index (κ1) is 25.9. The van der Waals surface area contributed by atoms with Gasteiger partial charge in [0.2, 0.25) is 11.1 Å². The lowest BCUT2D eigenvalue weighted by Crippen LogP contribution is -2.32. The third-order valence-corrected chi connectivity index (χ3v) is 7.55. The molecule has 3 aromatic carbocycles. The summed E-state index contributed by atoms with van der Waals surface area (Å²) in [6, 6.07) is 22.7. The van der Waals surface area contributed by atoms with Crippen LogP contribution < -0.4 is 15.4 Å². The molecule has 0 bridgehead atoms. The van der Waals surface area contributed by atoms with Crippen LogP contribution >= 0.6 is 23.4 Å². The maximum absolute atomic E-state index is 13.8. The zero-order valence-corrected chi connectivity index (χ0v) is 22.9. The summed E-state index contributed by atoms with van der Waals surface area (Å²) in [5.74, 6) is 1.67. The number of anilines is 2. The van der Waals surface area contributed by atoms with E-state index in [9.17, 15) is 4.79 Å². The van der Waals surface area contributed by atoms with Crippen LogP contribution in [-0.2, 0) is 10.5 Å². The predicted octanol–water partition coefficient (Wildman–Crippen LogP) is 6.86. The number of carbonyl (C=O) groups excluding carboxylic acids is 1. The second-order valence-corrected chi connectivity index (χ2v) is 10.2. The van der Waals surface area contributed by atoms with Crippen molar-refractivity contribution in [3.8, 4) is 5.75 Å². The summed E-state index contributed by atoms with van der Waals surface area (Å²) in [6.45, 7) is 6.29. The van der Waals surface area contributed by atoms with E-state index in [2.05, 4.69) is 10.6 Å². The van der Waals surface area contributed by atoms with Crippen molar-refractivity contribution in [2.75, 3.05) is 17.2 Å². The van der Waals surface area contributed by atoms with E-state index < -0.39 is 6.04 Å². The number of hydrogen-bond donors (Lipinski definition) is 2. The molecule has 9 heteroatoms. The summed E-state index contributed by atoms with van der Waals surface area (Å²) in [4.78, 5) is 18.6. The minimum atomic E-state index is -0.541. The Balaban J connectivity index is 1.54. The van der Waals surface area contributed by atoms with Gasteiger partial charge < -0.3 is 15.4 Å². The Hall–Kier alpha value is -3.75. The molecule has 1 amide bonds. The summed E-state index contributed by atoms with van der Waals surface area (Å²) in [7, 11) is 0. The molecule has 1 aliphatic heterocycles. The molecule has 2 heterocycles. The van der Waals surface area contributed by atoms with Crippen molar-refractivity contribution in [3.63, 3.8) is 0 Å². The smallest absolute Gasteiger partial charge is 0.255 e. The van der Waals surface area contributed by atoms with E-state index in [0.29, 0.717) is 45.5 Å². The van der Waals surface area contributed by atoms with Gasteiger partial charge in [0.05, 0.1) is 12.2 Å². The van der Waals surface area contributed by atoms with E-state index in [1.54, 1.807) is 4.68 Å². The van der Waals surface area contributed by atoms with E-state index >= 15 is 0 Å². The van der Waals surface area contributed by atoms with Gasteiger partial charge in [-0.25, -0.2) is 4.68 Å². The zero-order chi connectivity index (χ0) is 26.6. The number of allylic oxidation sites excluding steroid dienone is 1. The molecule has 0 radical (unpaired) electrons. The summed E-state index contributed by atoms with van der Waals surface area (Å²) in [5, 5.41) is 12.5. The third kappa shape index (κ3) is 5.28. The van der Waals surface area contributed by atoms with Gasteiger partial charge in [0.25, 0.3) is 5.91 Å². The molecule has 38 heavy (non-hydrogen) atoms. The Kier molecular flexibility index (Phi) is 7.72. The van der Waals surface area contributed by atoms with Crippen molar-refractivity contribution >= 4 is 40.9 Å². The molecule has 1 aromatic heterocycles. The average Bonchev–Trinajstić information content (AvgIpc) is 3.31. The molecular formula is C29H28ClN5O2S. The van der Waals surface area contributed by atoms with Crippen LogP contribution in [0.5, 0.6) is 5.75 Å². The third-order valence-electron chi connectivity index (χ3n) is 6.30. The van der Waals surface area contributed by atoms with Gasteiger partial charge >= 0.3 is 0 Å². The number of ether oxygens (including phenoxy) is 1. The number of rotatable bonds is 8. The van der Waals surface area contributed by atoms with Crippen LogP contribution in [0.25, 0.3) is 0 Å². The Bertz CT molecular complexity index is 1520.